The Hall–Kier alpha value is -1.43. The lowest BCUT2D eigenvalue weighted by atomic mass is 10.2. The quantitative estimate of drug-likeness (QED) is 0.644. The van der Waals surface area contributed by atoms with Gasteiger partial charge < -0.3 is 11.1 Å². The molecule has 1 aliphatic rings. The molecule has 18 heavy (non-hydrogen) atoms. The molecule has 1 saturated carbocycles. The van der Waals surface area contributed by atoms with E-state index in [-0.39, 0.29) is 17.0 Å². The minimum Gasteiger partial charge on any atom is -0.370 e. The molecule has 7 heteroatoms. The lowest BCUT2D eigenvalue weighted by Crippen LogP contribution is -2.23. The van der Waals surface area contributed by atoms with Crippen molar-refractivity contribution in [1.29, 1.82) is 0 Å². The summed E-state index contributed by atoms with van der Waals surface area (Å²) >= 11 is 5.76. The van der Waals surface area contributed by atoms with Crippen LogP contribution < -0.4 is 11.1 Å². The molecule has 1 aliphatic carbocycles. The highest BCUT2D eigenvalue weighted by Gasteiger charge is 2.31. The molecule has 0 aromatic heterocycles. The number of halogens is 4. The fourth-order valence-electron chi connectivity index (χ4n) is 1.36. The topological polar surface area (TPSA) is 50.4 Å². The van der Waals surface area contributed by atoms with Crippen LogP contribution in [-0.4, -0.2) is 12.0 Å². The number of anilines is 1. The van der Waals surface area contributed by atoms with Crippen molar-refractivity contribution < 1.29 is 13.2 Å². The Morgan fingerprint density at radius 2 is 2.06 bits per heavy atom. The molecular weight excluding hydrogens is 267 g/mol. The summed E-state index contributed by atoms with van der Waals surface area (Å²) in [4.78, 5) is 4.10. The number of guanidine groups is 1. The van der Waals surface area contributed by atoms with Gasteiger partial charge in [0.05, 0.1) is 22.3 Å². The number of nitrogens with zero attached hydrogens (tertiary/aromatic N) is 1. The van der Waals surface area contributed by atoms with Crippen molar-refractivity contribution in [1.82, 2.24) is 0 Å². The molecule has 0 radical (unpaired) electrons. The van der Waals surface area contributed by atoms with Crippen molar-refractivity contribution in [3.8, 4) is 0 Å². The summed E-state index contributed by atoms with van der Waals surface area (Å²) in [6, 6.07) is 3.26. The van der Waals surface area contributed by atoms with Crippen LogP contribution in [0.4, 0.5) is 18.9 Å². The summed E-state index contributed by atoms with van der Waals surface area (Å²) in [6.45, 7) is 0. The van der Waals surface area contributed by atoms with Crippen LogP contribution in [0.3, 0.4) is 0 Å². The normalized spacial score (nSPS) is 16.8. The van der Waals surface area contributed by atoms with Gasteiger partial charge in [-0.05, 0) is 31.0 Å². The third-order valence-electron chi connectivity index (χ3n) is 2.43. The molecule has 98 valence electrons. The van der Waals surface area contributed by atoms with Crippen LogP contribution >= 0.6 is 11.6 Å². The molecule has 0 heterocycles. The Kier molecular flexibility index (Phi) is 3.38. The van der Waals surface area contributed by atoms with Gasteiger partial charge in [-0.1, -0.05) is 11.6 Å². The fraction of sp³-hybridized carbons (Fsp3) is 0.364. The van der Waals surface area contributed by atoms with E-state index in [2.05, 4.69) is 10.3 Å². The molecule has 0 bridgehead atoms. The van der Waals surface area contributed by atoms with Crippen molar-refractivity contribution in [2.24, 2.45) is 10.7 Å². The standard InChI is InChI=1S/C11H11ClF3N3/c12-8-5-6(11(13,14)15)1-4-9(8)18-10(16)17-7-2-3-7/h1,4-5,7H,2-3H2,(H3,16,17,18). The monoisotopic (exact) mass is 277 g/mol. The van der Waals surface area contributed by atoms with Crippen LogP contribution in [0, 0.1) is 0 Å². The third-order valence-corrected chi connectivity index (χ3v) is 2.74. The summed E-state index contributed by atoms with van der Waals surface area (Å²) in [7, 11) is 0. The highest BCUT2D eigenvalue weighted by molar-refractivity contribution is 6.33. The second kappa shape index (κ2) is 4.68. The highest BCUT2D eigenvalue weighted by Crippen LogP contribution is 2.33. The number of hydrogen-bond donors (Lipinski definition) is 2. The first-order valence-corrected chi connectivity index (χ1v) is 5.71. The maximum atomic E-state index is 12.4. The van der Waals surface area contributed by atoms with E-state index in [0.717, 1.165) is 25.0 Å². The van der Waals surface area contributed by atoms with Gasteiger partial charge in [-0.3, -0.25) is 0 Å². The minimum atomic E-state index is -4.41. The highest BCUT2D eigenvalue weighted by atomic mass is 35.5. The van der Waals surface area contributed by atoms with E-state index in [1.807, 2.05) is 0 Å². The van der Waals surface area contributed by atoms with Gasteiger partial charge in [-0.25, -0.2) is 4.99 Å². The summed E-state index contributed by atoms with van der Waals surface area (Å²) in [6.07, 6.45) is -2.43. The first-order chi connectivity index (χ1) is 8.36. The smallest absolute Gasteiger partial charge is 0.370 e. The number of nitrogens with one attached hydrogen (secondary N) is 1. The molecular formula is C11H11ClF3N3. The van der Waals surface area contributed by atoms with E-state index in [1.165, 1.54) is 6.07 Å². The molecule has 0 unspecified atom stereocenters. The predicted octanol–water partition coefficient (Wildman–Crippen LogP) is 3.25. The lowest BCUT2D eigenvalue weighted by Gasteiger charge is -2.11. The summed E-state index contributed by atoms with van der Waals surface area (Å²) in [5.41, 5.74) is 5.11. The van der Waals surface area contributed by atoms with Gasteiger partial charge in [0.25, 0.3) is 0 Å². The average molecular weight is 278 g/mol. The molecule has 2 rings (SSSR count). The van der Waals surface area contributed by atoms with Crippen LogP contribution in [-0.2, 0) is 6.18 Å². The molecule has 0 aliphatic heterocycles. The second-order valence-electron chi connectivity index (χ2n) is 4.06. The lowest BCUT2D eigenvalue weighted by molar-refractivity contribution is -0.137. The zero-order valence-electron chi connectivity index (χ0n) is 9.26. The molecule has 0 amide bonds. The van der Waals surface area contributed by atoms with Crippen molar-refractivity contribution >= 4 is 23.2 Å². The third kappa shape index (κ3) is 3.29. The van der Waals surface area contributed by atoms with Crippen LogP contribution in [0.1, 0.15) is 18.4 Å². The van der Waals surface area contributed by atoms with Crippen molar-refractivity contribution in [2.45, 2.75) is 25.1 Å². The van der Waals surface area contributed by atoms with Crippen LogP contribution in [0.5, 0.6) is 0 Å². The van der Waals surface area contributed by atoms with E-state index in [0.29, 0.717) is 5.69 Å². The van der Waals surface area contributed by atoms with Crippen LogP contribution in [0.15, 0.2) is 23.2 Å². The Morgan fingerprint density at radius 3 is 2.56 bits per heavy atom. The minimum absolute atomic E-state index is 0.0428. The first-order valence-electron chi connectivity index (χ1n) is 5.33. The fourth-order valence-corrected chi connectivity index (χ4v) is 1.59. The molecule has 1 fully saturated rings. The first kappa shape index (κ1) is 13.0. The van der Waals surface area contributed by atoms with E-state index in [1.54, 1.807) is 0 Å². The average Bonchev–Trinajstić information content (AvgIpc) is 3.03. The van der Waals surface area contributed by atoms with Gasteiger partial charge in [0.1, 0.15) is 0 Å². The number of hydrogen-bond acceptors (Lipinski definition) is 1. The van der Waals surface area contributed by atoms with E-state index in [9.17, 15) is 13.2 Å². The van der Waals surface area contributed by atoms with Crippen LogP contribution in [0.25, 0.3) is 0 Å². The van der Waals surface area contributed by atoms with Crippen molar-refractivity contribution in [3.63, 3.8) is 0 Å². The van der Waals surface area contributed by atoms with Gasteiger partial charge in [-0.2, -0.15) is 13.2 Å². The molecule has 1 aromatic rings. The zero-order chi connectivity index (χ0) is 13.3. The van der Waals surface area contributed by atoms with Gasteiger partial charge in [0.15, 0.2) is 5.96 Å². The van der Waals surface area contributed by atoms with Gasteiger partial charge in [0, 0.05) is 0 Å². The summed E-state index contributed by atoms with van der Waals surface area (Å²) in [5.74, 6) is 0.166. The Balaban J connectivity index is 2.14. The van der Waals surface area contributed by atoms with E-state index < -0.39 is 11.7 Å². The van der Waals surface area contributed by atoms with E-state index in [4.69, 9.17) is 17.3 Å². The number of benzene rings is 1. The molecule has 3 N–H and O–H groups in total. The number of aliphatic imine (C=N–C) groups is 1. The zero-order valence-corrected chi connectivity index (χ0v) is 10.0. The Labute approximate surface area is 107 Å². The van der Waals surface area contributed by atoms with Crippen molar-refractivity contribution in [2.75, 3.05) is 5.32 Å². The summed E-state index contributed by atoms with van der Waals surface area (Å²) in [5, 5.41) is 2.65. The largest absolute Gasteiger partial charge is 0.416 e. The number of nitrogens with two attached hydrogens (primary N) is 1. The second-order valence-corrected chi connectivity index (χ2v) is 4.47. The molecule has 1 aromatic carbocycles. The Morgan fingerprint density at radius 1 is 1.39 bits per heavy atom. The maximum Gasteiger partial charge on any atom is 0.416 e. The van der Waals surface area contributed by atoms with E-state index >= 15 is 0 Å². The Bertz CT molecular complexity index is 481. The molecule has 0 atom stereocenters. The van der Waals surface area contributed by atoms with Gasteiger partial charge in [-0.15, -0.1) is 0 Å². The maximum absolute atomic E-state index is 12.4. The summed E-state index contributed by atoms with van der Waals surface area (Å²) < 4.78 is 37.2. The molecule has 0 spiro atoms. The number of rotatable bonds is 2. The van der Waals surface area contributed by atoms with Gasteiger partial charge >= 0.3 is 6.18 Å². The SMILES string of the molecule is NC(=NC1CC1)Nc1ccc(C(F)(F)F)cc1Cl. The van der Waals surface area contributed by atoms with Gasteiger partial charge in [0.2, 0.25) is 0 Å². The molecule has 0 saturated heterocycles. The number of alkyl halides is 3. The molecule has 3 nitrogen and oxygen atoms in total. The van der Waals surface area contributed by atoms with Crippen molar-refractivity contribution in [3.05, 3.63) is 28.8 Å². The predicted molar refractivity (Wildman–Crippen MR) is 64.7 cm³/mol. The van der Waals surface area contributed by atoms with Crippen LogP contribution in [0.2, 0.25) is 5.02 Å².